The van der Waals surface area contributed by atoms with Gasteiger partial charge in [0.15, 0.2) is 0 Å². The first kappa shape index (κ1) is 18.3. The van der Waals surface area contributed by atoms with E-state index in [1.807, 2.05) is 48.5 Å². The molecule has 3 aromatic rings. The van der Waals surface area contributed by atoms with Gasteiger partial charge in [0.25, 0.3) is 5.91 Å². The quantitative estimate of drug-likeness (QED) is 0.668. The van der Waals surface area contributed by atoms with Gasteiger partial charge in [0, 0.05) is 30.2 Å². The molecule has 1 amide bonds. The first-order valence-corrected chi connectivity index (χ1v) is 8.46. The van der Waals surface area contributed by atoms with Crippen LogP contribution in [0.1, 0.15) is 16.1 Å². The molecule has 3 rings (SSSR count). The fourth-order valence-corrected chi connectivity index (χ4v) is 2.52. The number of hydrogen-bond acceptors (Lipinski definition) is 5. The van der Waals surface area contributed by atoms with Crippen molar-refractivity contribution in [3.05, 3.63) is 78.1 Å². The molecule has 0 fully saturated rings. The fourth-order valence-electron chi connectivity index (χ4n) is 2.52. The Morgan fingerprint density at radius 3 is 2.41 bits per heavy atom. The number of amides is 1. The fraction of sp³-hybridized carbons (Fsp3) is 0.143. The number of nitrogens with one attached hydrogen (secondary N) is 2. The summed E-state index contributed by atoms with van der Waals surface area (Å²) >= 11 is 0. The maximum absolute atomic E-state index is 12.4. The van der Waals surface area contributed by atoms with Crippen LogP contribution in [0.2, 0.25) is 0 Å². The molecule has 0 aliphatic carbocycles. The van der Waals surface area contributed by atoms with Crippen LogP contribution < -0.4 is 20.1 Å². The zero-order valence-corrected chi connectivity index (χ0v) is 15.2. The summed E-state index contributed by atoms with van der Waals surface area (Å²) in [6.45, 7) is 0.415. The van der Waals surface area contributed by atoms with Crippen LogP contribution in [0.5, 0.6) is 11.5 Å². The number of nitrogens with zero attached hydrogens (tertiary/aromatic N) is 1. The number of ether oxygens (including phenoxy) is 2. The van der Waals surface area contributed by atoms with E-state index < -0.39 is 0 Å². The summed E-state index contributed by atoms with van der Waals surface area (Å²) in [6.07, 6.45) is 1.60. The number of anilines is 2. The minimum absolute atomic E-state index is 0.236. The smallest absolute Gasteiger partial charge is 0.270 e. The molecule has 2 aromatic carbocycles. The Labute approximate surface area is 158 Å². The van der Waals surface area contributed by atoms with Gasteiger partial charge in [0.1, 0.15) is 17.2 Å². The predicted octanol–water partition coefficient (Wildman–Crippen LogP) is 3.77. The summed E-state index contributed by atoms with van der Waals surface area (Å²) in [5.74, 6) is 1.30. The van der Waals surface area contributed by atoms with E-state index in [4.69, 9.17) is 9.47 Å². The second-order valence-electron chi connectivity index (χ2n) is 5.82. The van der Waals surface area contributed by atoms with Crippen LogP contribution in [-0.2, 0) is 6.54 Å². The molecule has 27 heavy (non-hydrogen) atoms. The molecule has 6 heteroatoms. The van der Waals surface area contributed by atoms with Crippen molar-refractivity contribution >= 4 is 17.3 Å². The summed E-state index contributed by atoms with van der Waals surface area (Å²) in [5, 5.41) is 6.12. The first-order valence-electron chi connectivity index (χ1n) is 8.46. The SMILES string of the molecule is COc1ccc(CNC(=O)c2cc(Nc3cccc(OC)c3)ccn2)cc1. The van der Waals surface area contributed by atoms with E-state index in [1.54, 1.807) is 32.5 Å². The van der Waals surface area contributed by atoms with Gasteiger partial charge in [-0.3, -0.25) is 9.78 Å². The highest BCUT2D eigenvalue weighted by Crippen LogP contribution is 2.21. The molecule has 2 N–H and O–H groups in total. The average Bonchev–Trinajstić information content (AvgIpc) is 2.72. The van der Waals surface area contributed by atoms with Gasteiger partial charge in [-0.15, -0.1) is 0 Å². The lowest BCUT2D eigenvalue weighted by Gasteiger charge is -2.10. The molecule has 0 aliphatic heterocycles. The van der Waals surface area contributed by atoms with Crippen LogP contribution in [0.15, 0.2) is 66.9 Å². The van der Waals surface area contributed by atoms with Gasteiger partial charge in [-0.2, -0.15) is 0 Å². The van der Waals surface area contributed by atoms with Crippen molar-refractivity contribution in [2.45, 2.75) is 6.54 Å². The maximum atomic E-state index is 12.4. The molecule has 6 nitrogen and oxygen atoms in total. The van der Waals surface area contributed by atoms with Crippen molar-refractivity contribution in [1.29, 1.82) is 0 Å². The third kappa shape index (κ3) is 4.98. The Bertz CT molecular complexity index is 911. The minimum Gasteiger partial charge on any atom is -0.497 e. The average molecular weight is 363 g/mol. The number of hydrogen-bond donors (Lipinski definition) is 2. The van der Waals surface area contributed by atoms with Crippen molar-refractivity contribution in [1.82, 2.24) is 10.3 Å². The van der Waals surface area contributed by atoms with E-state index in [1.165, 1.54) is 0 Å². The second kappa shape index (κ2) is 8.71. The highest BCUT2D eigenvalue weighted by molar-refractivity contribution is 5.93. The van der Waals surface area contributed by atoms with Crippen LogP contribution in [-0.4, -0.2) is 25.1 Å². The number of rotatable bonds is 7. The second-order valence-corrected chi connectivity index (χ2v) is 5.82. The molecule has 0 saturated heterocycles. The van der Waals surface area contributed by atoms with Crippen LogP contribution in [0.3, 0.4) is 0 Å². The lowest BCUT2D eigenvalue weighted by atomic mass is 10.2. The number of benzene rings is 2. The molecule has 0 spiro atoms. The lowest BCUT2D eigenvalue weighted by Crippen LogP contribution is -2.23. The Morgan fingerprint density at radius 2 is 1.67 bits per heavy atom. The number of carbonyl (C=O) groups excluding carboxylic acids is 1. The number of methoxy groups -OCH3 is 2. The maximum Gasteiger partial charge on any atom is 0.270 e. The van der Waals surface area contributed by atoms with Gasteiger partial charge >= 0.3 is 0 Å². The van der Waals surface area contributed by atoms with E-state index >= 15 is 0 Å². The lowest BCUT2D eigenvalue weighted by molar-refractivity contribution is 0.0946. The van der Waals surface area contributed by atoms with Crippen molar-refractivity contribution in [2.75, 3.05) is 19.5 Å². The number of pyridine rings is 1. The zero-order chi connectivity index (χ0) is 19.1. The van der Waals surface area contributed by atoms with Crippen LogP contribution in [0.25, 0.3) is 0 Å². The summed E-state index contributed by atoms with van der Waals surface area (Å²) in [4.78, 5) is 16.6. The van der Waals surface area contributed by atoms with Crippen molar-refractivity contribution in [3.63, 3.8) is 0 Å². The van der Waals surface area contributed by atoms with Gasteiger partial charge < -0.3 is 20.1 Å². The molecule has 1 aromatic heterocycles. The van der Waals surface area contributed by atoms with Crippen molar-refractivity contribution in [2.24, 2.45) is 0 Å². The molecule has 0 bridgehead atoms. The Morgan fingerprint density at radius 1 is 0.926 bits per heavy atom. The van der Waals surface area contributed by atoms with Crippen molar-refractivity contribution in [3.8, 4) is 11.5 Å². The van der Waals surface area contributed by atoms with Gasteiger partial charge in [-0.1, -0.05) is 18.2 Å². The van der Waals surface area contributed by atoms with Gasteiger partial charge in [0.2, 0.25) is 0 Å². The van der Waals surface area contributed by atoms with E-state index in [-0.39, 0.29) is 5.91 Å². The highest BCUT2D eigenvalue weighted by Gasteiger charge is 2.08. The van der Waals surface area contributed by atoms with E-state index in [0.717, 1.165) is 28.4 Å². The van der Waals surface area contributed by atoms with Crippen LogP contribution >= 0.6 is 0 Å². The summed E-state index contributed by atoms with van der Waals surface area (Å²) in [7, 11) is 3.24. The molecule has 0 saturated carbocycles. The minimum atomic E-state index is -0.236. The largest absolute Gasteiger partial charge is 0.497 e. The molecule has 0 atom stereocenters. The summed E-state index contributed by atoms with van der Waals surface area (Å²) in [6, 6.07) is 18.6. The Hall–Kier alpha value is -3.54. The molecule has 0 radical (unpaired) electrons. The molecular weight excluding hydrogens is 342 g/mol. The third-order valence-corrected chi connectivity index (χ3v) is 3.96. The predicted molar refractivity (Wildman–Crippen MR) is 105 cm³/mol. The summed E-state index contributed by atoms with van der Waals surface area (Å²) in [5.41, 5.74) is 2.96. The topological polar surface area (TPSA) is 72.5 Å². The molecule has 1 heterocycles. The normalized spacial score (nSPS) is 10.1. The molecule has 0 aliphatic rings. The molecule has 0 unspecified atom stereocenters. The van der Waals surface area contributed by atoms with Gasteiger partial charge in [-0.05, 0) is 42.0 Å². The zero-order valence-electron chi connectivity index (χ0n) is 15.2. The highest BCUT2D eigenvalue weighted by atomic mass is 16.5. The van der Waals surface area contributed by atoms with E-state index in [2.05, 4.69) is 15.6 Å². The Balaban J connectivity index is 1.64. The standard InChI is InChI=1S/C21H21N3O3/c1-26-18-8-6-15(7-9-18)14-23-21(25)20-13-17(10-11-22-20)24-16-4-3-5-19(12-16)27-2/h3-13H,14H2,1-2H3,(H,22,24)(H,23,25). The summed E-state index contributed by atoms with van der Waals surface area (Å²) < 4.78 is 10.3. The van der Waals surface area contributed by atoms with E-state index in [9.17, 15) is 4.79 Å². The van der Waals surface area contributed by atoms with Crippen molar-refractivity contribution < 1.29 is 14.3 Å². The molecule has 138 valence electrons. The number of aromatic nitrogens is 1. The van der Waals surface area contributed by atoms with Crippen LogP contribution in [0.4, 0.5) is 11.4 Å². The van der Waals surface area contributed by atoms with Crippen LogP contribution in [0, 0.1) is 0 Å². The van der Waals surface area contributed by atoms with E-state index in [0.29, 0.717) is 12.2 Å². The monoisotopic (exact) mass is 363 g/mol. The number of carbonyl (C=O) groups is 1. The first-order chi connectivity index (χ1) is 13.2. The Kier molecular flexibility index (Phi) is 5.89. The third-order valence-electron chi connectivity index (χ3n) is 3.96. The molecular formula is C21H21N3O3. The van der Waals surface area contributed by atoms with Gasteiger partial charge in [-0.25, -0.2) is 0 Å². The van der Waals surface area contributed by atoms with Gasteiger partial charge in [0.05, 0.1) is 14.2 Å².